The highest BCUT2D eigenvalue weighted by atomic mass is 16.4. The molecule has 1 N–H and O–H groups in total. The van der Waals surface area contributed by atoms with Crippen LogP contribution in [-0.2, 0) is 5.41 Å². The van der Waals surface area contributed by atoms with Crippen molar-refractivity contribution in [2.45, 2.75) is 26.2 Å². The van der Waals surface area contributed by atoms with Crippen LogP contribution < -0.4 is 0 Å². The second-order valence-corrected chi connectivity index (χ2v) is 5.61. The van der Waals surface area contributed by atoms with Gasteiger partial charge < -0.3 is 5.11 Å². The normalized spacial score (nSPS) is 11.2. The minimum absolute atomic E-state index is 0.0188. The first kappa shape index (κ1) is 15.0. The third kappa shape index (κ3) is 2.87. The molecule has 21 heavy (non-hydrogen) atoms. The molecule has 0 unspecified atom stereocenters. The molecule has 0 radical (unpaired) electrons. The number of rotatable bonds is 4. The Bertz CT molecular complexity index is 682. The molecule has 0 aliphatic rings. The number of Topliss-reactive ketones (excluding diaryl/α,β-unsaturated/α-hetero) is 1. The van der Waals surface area contributed by atoms with Crippen molar-refractivity contribution in [3.8, 4) is 0 Å². The molecule has 2 rings (SSSR count). The predicted molar refractivity (Wildman–Crippen MR) is 82.0 cm³/mol. The van der Waals surface area contributed by atoms with E-state index in [1.807, 2.05) is 38.1 Å². The first-order chi connectivity index (χ1) is 9.84. The SMILES string of the molecule is CC(=O)c1ccc(C(C)(C)c2ccccc2C(=O)O)cc1. The molecule has 2 aromatic rings. The fourth-order valence-electron chi connectivity index (χ4n) is 2.49. The van der Waals surface area contributed by atoms with E-state index in [1.165, 1.54) is 6.92 Å². The largest absolute Gasteiger partial charge is 0.478 e. The number of ketones is 1. The number of carboxylic acid groups (broad SMARTS) is 1. The quantitative estimate of drug-likeness (QED) is 0.865. The van der Waals surface area contributed by atoms with Gasteiger partial charge >= 0.3 is 5.97 Å². The van der Waals surface area contributed by atoms with E-state index in [9.17, 15) is 14.7 Å². The zero-order valence-electron chi connectivity index (χ0n) is 12.4. The van der Waals surface area contributed by atoms with Crippen LogP contribution in [0.4, 0.5) is 0 Å². The summed E-state index contributed by atoms with van der Waals surface area (Å²) in [5.41, 5.74) is 2.23. The molecule has 0 aliphatic heterocycles. The van der Waals surface area contributed by atoms with Gasteiger partial charge in [-0.1, -0.05) is 56.3 Å². The molecule has 0 aliphatic carbocycles. The first-order valence-electron chi connectivity index (χ1n) is 6.78. The lowest BCUT2D eigenvalue weighted by molar-refractivity contribution is 0.0694. The zero-order valence-corrected chi connectivity index (χ0v) is 12.4. The van der Waals surface area contributed by atoms with Gasteiger partial charge in [0, 0.05) is 11.0 Å². The summed E-state index contributed by atoms with van der Waals surface area (Å²) in [4.78, 5) is 22.7. The molecule has 2 aromatic carbocycles. The van der Waals surface area contributed by atoms with Gasteiger partial charge in [-0.25, -0.2) is 4.79 Å². The third-order valence-electron chi connectivity index (χ3n) is 3.84. The lowest BCUT2D eigenvalue weighted by Gasteiger charge is -2.27. The number of hydrogen-bond acceptors (Lipinski definition) is 2. The minimum atomic E-state index is -0.931. The van der Waals surface area contributed by atoms with E-state index >= 15 is 0 Å². The van der Waals surface area contributed by atoms with Crippen molar-refractivity contribution in [3.63, 3.8) is 0 Å². The highest BCUT2D eigenvalue weighted by Gasteiger charge is 2.27. The van der Waals surface area contributed by atoms with E-state index in [0.29, 0.717) is 11.1 Å². The number of carbonyl (C=O) groups is 2. The highest BCUT2D eigenvalue weighted by molar-refractivity contribution is 5.94. The Morgan fingerprint density at radius 3 is 2.05 bits per heavy atom. The maximum atomic E-state index is 11.4. The Kier molecular flexibility index (Phi) is 3.94. The number of carbonyl (C=O) groups excluding carboxylic acids is 1. The molecule has 3 heteroatoms. The van der Waals surface area contributed by atoms with Gasteiger partial charge in [0.1, 0.15) is 0 Å². The van der Waals surface area contributed by atoms with Gasteiger partial charge in [0.15, 0.2) is 5.78 Å². The Hall–Kier alpha value is -2.42. The van der Waals surface area contributed by atoms with Crippen molar-refractivity contribution < 1.29 is 14.7 Å². The lowest BCUT2D eigenvalue weighted by atomic mass is 9.76. The maximum absolute atomic E-state index is 11.4. The Balaban J connectivity index is 2.51. The highest BCUT2D eigenvalue weighted by Crippen LogP contribution is 2.33. The number of hydrogen-bond donors (Lipinski definition) is 1. The molecular formula is C18H18O3. The minimum Gasteiger partial charge on any atom is -0.478 e. The van der Waals surface area contributed by atoms with Gasteiger partial charge in [-0.3, -0.25) is 4.79 Å². The predicted octanol–water partition coefficient (Wildman–Crippen LogP) is 3.91. The average molecular weight is 282 g/mol. The molecule has 3 nitrogen and oxygen atoms in total. The van der Waals surface area contributed by atoms with Gasteiger partial charge in [-0.2, -0.15) is 0 Å². The smallest absolute Gasteiger partial charge is 0.335 e. The van der Waals surface area contributed by atoms with Crippen molar-refractivity contribution in [3.05, 3.63) is 70.8 Å². The molecular weight excluding hydrogens is 264 g/mol. The van der Waals surface area contributed by atoms with Gasteiger partial charge in [0.2, 0.25) is 0 Å². The summed E-state index contributed by atoms with van der Waals surface area (Å²) in [6.45, 7) is 5.50. The fraction of sp³-hybridized carbons (Fsp3) is 0.222. The van der Waals surface area contributed by atoms with Crippen molar-refractivity contribution >= 4 is 11.8 Å². The van der Waals surface area contributed by atoms with Crippen LogP contribution in [0.3, 0.4) is 0 Å². The van der Waals surface area contributed by atoms with Crippen LogP contribution in [-0.4, -0.2) is 16.9 Å². The molecule has 0 saturated heterocycles. The second kappa shape index (κ2) is 5.52. The number of carboxylic acids is 1. The topological polar surface area (TPSA) is 54.4 Å². The average Bonchev–Trinajstić information content (AvgIpc) is 2.47. The standard InChI is InChI=1S/C18H18O3/c1-12(19)13-8-10-14(11-9-13)18(2,3)16-7-5-4-6-15(16)17(20)21/h4-11H,1-3H3,(H,20,21). The Morgan fingerprint density at radius 2 is 1.52 bits per heavy atom. The van der Waals surface area contributed by atoms with Crippen molar-refractivity contribution in [1.29, 1.82) is 0 Å². The van der Waals surface area contributed by atoms with Gasteiger partial charge in [-0.05, 0) is 24.1 Å². The number of benzene rings is 2. The maximum Gasteiger partial charge on any atom is 0.335 e. The zero-order chi connectivity index (χ0) is 15.6. The molecule has 0 bridgehead atoms. The second-order valence-electron chi connectivity index (χ2n) is 5.61. The van der Waals surface area contributed by atoms with Gasteiger partial charge in [0.25, 0.3) is 0 Å². The van der Waals surface area contributed by atoms with E-state index in [-0.39, 0.29) is 5.78 Å². The molecule has 0 amide bonds. The molecule has 0 fully saturated rings. The van der Waals surface area contributed by atoms with Crippen molar-refractivity contribution in [2.75, 3.05) is 0 Å². The summed E-state index contributed by atoms with van der Waals surface area (Å²) in [5, 5.41) is 9.35. The molecule has 0 saturated carbocycles. The van der Waals surface area contributed by atoms with Crippen LogP contribution in [0.2, 0.25) is 0 Å². The monoisotopic (exact) mass is 282 g/mol. The van der Waals surface area contributed by atoms with Crippen molar-refractivity contribution in [1.82, 2.24) is 0 Å². The summed E-state index contributed by atoms with van der Waals surface area (Å²) in [7, 11) is 0. The summed E-state index contributed by atoms with van der Waals surface area (Å²) in [6.07, 6.45) is 0. The van der Waals surface area contributed by atoms with E-state index in [1.54, 1.807) is 24.3 Å². The third-order valence-corrected chi connectivity index (χ3v) is 3.84. The van der Waals surface area contributed by atoms with Crippen molar-refractivity contribution in [2.24, 2.45) is 0 Å². The lowest BCUT2D eigenvalue weighted by Crippen LogP contribution is -2.22. The Labute approximate surface area is 124 Å². The first-order valence-corrected chi connectivity index (χ1v) is 6.78. The van der Waals surface area contributed by atoms with Crippen LogP contribution in [0.5, 0.6) is 0 Å². The molecule has 0 aromatic heterocycles. The van der Waals surface area contributed by atoms with Gasteiger partial charge in [0.05, 0.1) is 5.56 Å². The molecule has 0 spiro atoms. The van der Waals surface area contributed by atoms with Gasteiger partial charge in [-0.15, -0.1) is 0 Å². The molecule has 0 atom stereocenters. The summed E-state index contributed by atoms with van der Waals surface area (Å²) in [5.74, 6) is -0.913. The number of aromatic carboxylic acids is 1. The molecule has 0 heterocycles. The summed E-state index contributed by atoms with van der Waals surface area (Å²) >= 11 is 0. The fourth-order valence-corrected chi connectivity index (χ4v) is 2.49. The van der Waals surface area contributed by atoms with Crippen LogP contribution >= 0.6 is 0 Å². The van der Waals surface area contributed by atoms with Crippen LogP contribution in [0.25, 0.3) is 0 Å². The van der Waals surface area contributed by atoms with E-state index in [0.717, 1.165) is 11.1 Å². The van der Waals surface area contributed by atoms with E-state index < -0.39 is 11.4 Å². The summed E-state index contributed by atoms with van der Waals surface area (Å²) in [6, 6.07) is 14.3. The Morgan fingerprint density at radius 1 is 0.952 bits per heavy atom. The van der Waals surface area contributed by atoms with E-state index in [4.69, 9.17) is 0 Å². The van der Waals surface area contributed by atoms with E-state index in [2.05, 4.69) is 0 Å². The molecule has 108 valence electrons. The summed E-state index contributed by atoms with van der Waals surface area (Å²) < 4.78 is 0. The van der Waals surface area contributed by atoms with Crippen LogP contribution in [0, 0.1) is 0 Å². The van der Waals surface area contributed by atoms with Crippen LogP contribution in [0.1, 0.15) is 52.6 Å². The van der Waals surface area contributed by atoms with Crippen LogP contribution in [0.15, 0.2) is 48.5 Å².